The number of aromatic nitrogens is 3. The van der Waals surface area contributed by atoms with Gasteiger partial charge in [-0.05, 0) is 86.3 Å². The minimum absolute atomic E-state index is 0.217. The number of nitrogens with zero attached hydrogens (tertiary/aromatic N) is 6. The summed E-state index contributed by atoms with van der Waals surface area (Å²) in [5.74, 6) is 1.85. The van der Waals surface area contributed by atoms with E-state index in [1.165, 1.54) is 0 Å². The highest BCUT2D eigenvalue weighted by Crippen LogP contribution is 2.23. The number of likely N-dealkylation sites (N-methyl/N-ethyl adjacent to an activating group) is 1. The zero-order valence-electron chi connectivity index (χ0n) is 27.6. The Bertz CT molecular complexity index is 1670. The number of morpholine rings is 1. The van der Waals surface area contributed by atoms with Gasteiger partial charge >= 0.3 is 6.03 Å². The molecule has 0 unspecified atom stereocenters. The van der Waals surface area contributed by atoms with E-state index in [1.54, 1.807) is 24.3 Å². The third-order valence-electron chi connectivity index (χ3n) is 8.52. The van der Waals surface area contributed by atoms with Crippen LogP contribution >= 0.6 is 0 Å². The molecule has 2 aliphatic rings. The van der Waals surface area contributed by atoms with Gasteiger partial charge in [0, 0.05) is 79.6 Å². The summed E-state index contributed by atoms with van der Waals surface area (Å²) < 4.78 is 5.50. The molecule has 0 aliphatic carbocycles. The Labute approximate surface area is 281 Å². The largest absolute Gasteiger partial charge is 0.378 e. The molecule has 0 saturated carbocycles. The third-order valence-corrected chi connectivity index (χ3v) is 8.52. The number of nitrogens with one attached hydrogen (secondary N) is 3. The Morgan fingerprint density at radius 3 is 1.96 bits per heavy atom. The molecule has 3 heterocycles. The first kappa shape index (κ1) is 32.9. The summed E-state index contributed by atoms with van der Waals surface area (Å²) in [7, 11) is 2.14. The molecule has 0 bridgehead atoms. The van der Waals surface area contributed by atoms with Crippen LogP contribution in [-0.2, 0) is 11.2 Å². The van der Waals surface area contributed by atoms with Gasteiger partial charge in [-0.2, -0.15) is 9.97 Å². The van der Waals surface area contributed by atoms with Crippen LogP contribution in [0.2, 0.25) is 0 Å². The van der Waals surface area contributed by atoms with Gasteiger partial charge in [-0.3, -0.25) is 4.79 Å². The minimum atomic E-state index is -0.392. The number of carbonyl (C=O) groups excluding carboxylic acids is 2. The number of hydrogen-bond donors (Lipinski definition) is 3. The van der Waals surface area contributed by atoms with Crippen molar-refractivity contribution in [2.24, 2.45) is 0 Å². The number of benzene rings is 3. The fourth-order valence-electron chi connectivity index (χ4n) is 5.61. The summed E-state index contributed by atoms with van der Waals surface area (Å²) in [6.45, 7) is 9.01. The van der Waals surface area contributed by atoms with Crippen LogP contribution in [0.25, 0.3) is 11.4 Å². The number of piperazine rings is 1. The summed E-state index contributed by atoms with van der Waals surface area (Å²) >= 11 is 0. The van der Waals surface area contributed by atoms with Gasteiger partial charge in [0.25, 0.3) is 5.91 Å². The first-order valence-electron chi connectivity index (χ1n) is 16.6. The third kappa shape index (κ3) is 8.64. The van der Waals surface area contributed by atoms with Crippen molar-refractivity contribution in [2.75, 3.05) is 85.3 Å². The lowest BCUT2D eigenvalue weighted by molar-refractivity contribution is 0.102. The molecule has 6 rings (SSSR count). The van der Waals surface area contributed by atoms with Crippen molar-refractivity contribution in [3.05, 3.63) is 84.2 Å². The maximum Gasteiger partial charge on any atom is 0.323 e. The zero-order chi connectivity index (χ0) is 33.3. The van der Waals surface area contributed by atoms with Crippen LogP contribution in [0.3, 0.4) is 0 Å². The van der Waals surface area contributed by atoms with Crippen molar-refractivity contribution in [1.29, 1.82) is 0 Å². The predicted molar refractivity (Wildman–Crippen MR) is 190 cm³/mol. The maximum absolute atomic E-state index is 12.9. The van der Waals surface area contributed by atoms with Crippen molar-refractivity contribution < 1.29 is 14.3 Å². The summed E-state index contributed by atoms with van der Waals surface area (Å²) in [5.41, 5.74) is 4.42. The van der Waals surface area contributed by atoms with Crippen LogP contribution in [0.5, 0.6) is 0 Å². The molecule has 0 spiro atoms. The van der Waals surface area contributed by atoms with Gasteiger partial charge < -0.3 is 35.4 Å². The molecule has 4 aromatic rings. The molecule has 250 valence electrons. The van der Waals surface area contributed by atoms with E-state index >= 15 is 0 Å². The van der Waals surface area contributed by atoms with Crippen molar-refractivity contribution in [3.8, 4) is 11.4 Å². The summed E-state index contributed by atoms with van der Waals surface area (Å²) in [4.78, 5) is 46.7. The zero-order valence-corrected chi connectivity index (χ0v) is 27.6. The van der Waals surface area contributed by atoms with Gasteiger partial charge in [0.05, 0.1) is 13.2 Å². The van der Waals surface area contributed by atoms with Crippen molar-refractivity contribution in [2.45, 2.75) is 26.2 Å². The Morgan fingerprint density at radius 2 is 1.31 bits per heavy atom. The molecule has 1 aromatic heterocycles. The van der Waals surface area contributed by atoms with Crippen LogP contribution in [0, 0.1) is 0 Å². The van der Waals surface area contributed by atoms with E-state index in [-0.39, 0.29) is 5.91 Å². The Kier molecular flexibility index (Phi) is 10.7. The standard InChI is InChI=1S/C36H43N9O3/c1-3-4-5-32-40-33(42-35(41-32)45-22-24-48-25-23-45)26-6-10-29(11-7-26)38-36(47)39-30-12-8-27(9-13-30)34(46)37-28-14-16-31(17-15-28)44-20-18-43(2)19-21-44/h6-17H,3-5,18-25H2,1-2H3,(H,37,46)(H2,38,39,47). The number of urea groups is 1. The Morgan fingerprint density at radius 1 is 0.708 bits per heavy atom. The van der Waals surface area contributed by atoms with Gasteiger partial charge in [-0.25, -0.2) is 9.78 Å². The molecule has 12 nitrogen and oxygen atoms in total. The second-order valence-electron chi connectivity index (χ2n) is 12.1. The highest BCUT2D eigenvalue weighted by Gasteiger charge is 2.18. The lowest BCUT2D eigenvalue weighted by Gasteiger charge is -2.34. The van der Waals surface area contributed by atoms with E-state index in [2.05, 4.69) is 44.6 Å². The van der Waals surface area contributed by atoms with E-state index in [0.29, 0.717) is 41.9 Å². The molecule has 3 aromatic carbocycles. The van der Waals surface area contributed by atoms with E-state index in [0.717, 1.165) is 81.3 Å². The quantitative estimate of drug-likeness (QED) is 0.208. The van der Waals surface area contributed by atoms with E-state index in [9.17, 15) is 9.59 Å². The molecule has 2 fully saturated rings. The molecule has 3 amide bonds. The van der Waals surface area contributed by atoms with Gasteiger partial charge in [0.2, 0.25) is 5.95 Å². The molecule has 0 radical (unpaired) electrons. The number of hydrogen-bond acceptors (Lipinski definition) is 9. The minimum Gasteiger partial charge on any atom is -0.378 e. The van der Waals surface area contributed by atoms with Crippen LogP contribution in [0.1, 0.15) is 35.9 Å². The van der Waals surface area contributed by atoms with Crippen LogP contribution in [0.4, 0.5) is 33.5 Å². The first-order valence-corrected chi connectivity index (χ1v) is 16.6. The van der Waals surface area contributed by atoms with Crippen LogP contribution < -0.4 is 25.8 Å². The van der Waals surface area contributed by atoms with Crippen LogP contribution in [0.15, 0.2) is 72.8 Å². The SMILES string of the molecule is CCCCc1nc(-c2ccc(NC(=O)Nc3ccc(C(=O)Nc4ccc(N5CCN(C)CC5)cc4)cc3)cc2)nc(N2CCOCC2)n1. The average Bonchev–Trinajstić information content (AvgIpc) is 3.12. The monoisotopic (exact) mass is 649 g/mol. The summed E-state index contributed by atoms with van der Waals surface area (Å²) in [6, 6.07) is 21.8. The molecule has 12 heteroatoms. The second kappa shape index (κ2) is 15.7. The number of anilines is 5. The number of rotatable bonds is 10. The summed E-state index contributed by atoms with van der Waals surface area (Å²) in [6.07, 6.45) is 2.86. The topological polar surface area (TPSA) is 128 Å². The van der Waals surface area contributed by atoms with Gasteiger partial charge in [-0.1, -0.05) is 13.3 Å². The van der Waals surface area contributed by atoms with E-state index in [1.807, 2.05) is 48.5 Å². The number of ether oxygens (including phenoxy) is 1. The van der Waals surface area contributed by atoms with E-state index in [4.69, 9.17) is 19.7 Å². The maximum atomic E-state index is 12.9. The normalized spacial score (nSPS) is 15.2. The lowest BCUT2D eigenvalue weighted by atomic mass is 10.1. The molecule has 3 N–H and O–H groups in total. The average molecular weight is 650 g/mol. The molecule has 0 atom stereocenters. The Hall–Kier alpha value is -5.07. The fraction of sp³-hybridized carbons (Fsp3) is 0.361. The molecule has 2 saturated heterocycles. The van der Waals surface area contributed by atoms with Gasteiger partial charge in [-0.15, -0.1) is 0 Å². The Balaban J connectivity index is 1.02. The summed E-state index contributed by atoms with van der Waals surface area (Å²) in [5, 5.41) is 8.64. The molecule has 48 heavy (non-hydrogen) atoms. The molecular weight excluding hydrogens is 606 g/mol. The van der Waals surface area contributed by atoms with E-state index < -0.39 is 6.03 Å². The number of unbranched alkanes of at least 4 members (excludes halogenated alkanes) is 1. The highest BCUT2D eigenvalue weighted by atomic mass is 16.5. The van der Waals surface area contributed by atoms with Crippen molar-refractivity contribution in [3.63, 3.8) is 0 Å². The van der Waals surface area contributed by atoms with Gasteiger partial charge in [0.15, 0.2) is 5.82 Å². The van der Waals surface area contributed by atoms with Crippen molar-refractivity contribution in [1.82, 2.24) is 19.9 Å². The smallest absolute Gasteiger partial charge is 0.323 e. The fourth-order valence-corrected chi connectivity index (χ4v) is 5.61. The number of aryl methyl sites for hydroxylation is 1. The van der Waals surface area contributed by atoms with Gasteiger partial charge in [0.1, 0.15) is 5.82 Å². The first-order chi connectivity index (χ1) is 23.4. The highest BCUT2D eigenvalue weighted by molar-refractivity contribution is 6.05. The molecule has 2 aliphatic heterocycles. The van der Waals surface area contributed by atoms with Crippen LogP contribution in [-0.4, -0.2) is 91.3 Å². The lowest BCUT2D eigenvalue weighted by Crippen LogP contribution is -2.44. The predicted octanol–water partition coefficient (Wildman–Crippen LogP) is 5.37. The number of carbonyl (C=O) groups is 2. The van der Waals surface area contributed by atoms with Crippen molar-refractivity contribution >= 4 is 40.6 Å². The molecular formula is C36H43N9O3. The number of amides is 3. The second-order valence-corrected chi connectivity index (χ2v) is 12.1.